The lowest BCUT2D eigenvalue weighted by molar-refractivity contribution is 0.188. The summed E-state index contributed by atoms with van der Waals surface area (Å²) in [6.45, 7) is 9.40. The van der Waals surface area contributed by atoms with Crippen LogP contribution in [0.1, 0.15) is 32.4 Å². The van der Waals surface area contributed by atoms with Crippen LogP contribution in [0.2, 0.25) is 0 Å². The number of nitrogens with one attached hydrogen (secondary N) is 1. The Hall–Kier alpha value is -0.800. The quantitative estimate of drug-likeness (QED) is 0.841. The summed E-state index contributed by atoms with van der Waals surface area (Å²) < 4.78 is 5.38. The van der Waals surface area contributed by atoms with E-state index in [9.17, 15) is 0 Å². The third kappa shape index (κ3) is 4.14. The van der Waals surface area contributed by atoms with Crippen molar-refractivity contribution in [1.29, 1.82) is 0 Å². The topological polar surface area (TPSA) is 28.4 Å². The Morgan fingerprint density at radius 3 is 2.83 bits per heavy atom. The maximum atomic E-state index is 5.38. The van der Waals surface area contributed by atoms with E-state index in [1.807, 2.05) is 6.07 Å². The monoisotopic (exact) mass is 250 g/mol. The molecular formula is C15H26N2O. The van der Waals surface area contributed by atoms with Gasteiger partial charge < -0.3 is 14.6 Å². The zero-order chi connectivity index (χ0) is 12.8. The van der Waals surface area contributed by atoms with E-state index in [2.05, 4.69) is 30.1 Å². The van der Waals surface area contributed by atoms with Crippen molar-refractivity contribution in [3.05, 3.63) is 24.2 Å². The standard InChI is InChI=1S/C15H26N2O/c1-3-17-8-6-14(7-9-17)12-16-13(2)11-15-5-4-10-18-15/h4-5,10,13-14,16H,3,6-9,11-12H2,1-2H3. The largest absolute Gasteiger partial charge is 0.469 e. The van der Waals surface area contributed by atoms with E-state index in [-0.39, 0.29) is 0 Å². The lowest BCUT2D eigenvalue weighted by Crippen LogP contribution is -2.39. The Balaban J connectivity index is 1.63. The second kappa shape index (κ2) is 6.95. The van der Waals surface area contributed by atoms with Gasteiger partial charge in [0.15, 0.2) is 0 Å². The molecule has 2 heterocycles. The Bertz CT molecular complexity index is 315. The van der Waals surface area contributed by atoms with Crippen LogP contribution >= 0.6 is 0 Å². The molecule has 1 aliphatic heterocycles. The minimum atomic E-state index is 0.500. The third-order valence-corrected chi connectivity index (χ3v) is 4.00. The number of furan rings is 1. The highest BCUT2D eigenvalue weighted by molar-refractivity contribution is 4.99. The van der Waals surface area contributed by atoms with Crippen molar-refractivity contribution >= 4 is 0 Å². The van der Waals surface area contributed by atoms with Gasteiger partial charge in [-0.3, -0.25) is 0 Å². The van der Waals surface area contributed by atoms with E-state index in [4.69, 9.17) is 4.42 Å². The highest BCUT2D eigenvalue weighted by Gasteiger charge is 2.18. The number of piperidine rings is 1. The second-order valence-electron chi connectivity index (χ2n) is 5.47. The molecule has 0 aliphatic carbocycles. The molecule has 3 heteroatoms. The Kier molecular flexibility index (Phi) is 5.26. The summed E-state index contributed by atoms with van der Waals surface area (Å²) in [6.07, 6.45) is 5.42. The summed E-state index contributed by atoms with van der Waals surface area (Å²) in [5.74, 6) is 1.93. The molecule has 0 spiro atoms. The van der Waals surface area contributed by atoms with Gasteiger partial charge in [0.05, 0.1) is 6.26 Å². The third-order valence-electron chi connectivity index (χ3n) is 4.00. The zero-order valence-corrected chi connectivity index (χ0v) is 11.7. The minimum Gasteiger partial charge on any atom is -0.469 e. The van der Waals surface area contributed by atoms with Crippen LogP contribution in [-0.4, -0.2) is 37.1 Å². The van der Waals surface area contributed by atoms with E-state index in [0.29, 0.717) is 6.04 Å². The van der Waals surface area contributed by atoms with Crippen molar-refractivity contribution in [3.63, 3.8) is 0 Å². The molecule has 0 saturated carbocycles. The second-order valence-corrected chi connectivity index (χ2v) is 5.47. The smallest absolute Gasteiger partial charge is 0.105 e. The fourth-order valence-corrected chi connectivity index (χ4v) is 2.68. The van der Waals surface area contributed by atoms with Crippen LogP contribution in [0.15, 0.2) is 22.8 Å². The first-order chi connectivity index (χ1) is 8.78. The van der Waals surface area contributed by atoms with E-state index >= 15 is 0 Å². The minimum absolute atomic E-state index is 0.500. The number of hydrogen-bond donors (Lipinski definition) is 1. The molecule has 0 amide bonds. The van der Waals surface area contributed by atoms with Gasteiger partial charge in [-0.05, 0) is 64.0 Å². The number of nitrogens with zero attached hydrogens (tertiary/aromatic N) is 1. The molecule has 1 aromatic heterocycles. The fraction of sp³-hybridized carbons (Fsp3) is 0.733. The number of likely N-dealkylation sites (tertiary alicyclic amines) is 1. The maximum absolute atomic E-state index is 5.38. The van der Waals surface area contributed by atoms with Gasteiger partial charge in [-0.1, -0.05) is 6.92 Å². The molecule has 3 nitrogen and oxygen atoms in total. The van der Waals surface area contributed by atoms with Crippen LogP contribution in [0.3, 0.4) is 0 Å². The van der Waals surface area contributed by atoms with Gasteiger partial charge in [0.25, 0.3) is 0 Å². The molecule has 1 saturated heterocycles. The zero-order valence-electron chi connectivity index (χ0n) is 11.7. The van der Waals surface area contributed by atoms with Gasteiger partial charge in [-0.25, -0.2) is 0 Å². The summed E-state index contributed by atoms with van der Waals surface area (Å²) in [5, 5.41) is 3.64. The molecule has 0 aromatic carbocycles. The average Bonchev–Trinajstić information content (AvgIpc) is 2.90. The first kappa shape index (κ1) is 13.6. The maximum Gasteiger partial charge on any atom is 0.105 e. The van der Waals surface area contributed by atoms with Gasteiger partial charge in [0.2, 0.25) is 0 Å². The van der Waals surface area contributed by atoms with Crippen LogP contribution < -0.4 is 5.32 Å². The first-order valence-corrected chi connectivity index (χ1v) is 7.26. The molecular weight excluding hydrogens is 224 g/mol. The first-order valence-electron chi connectivity index (χ1n) is 7.26. The van der Waals surface area contributed by atoms with Crippen LogP contribution in [0.5, 0.6) is 0 Å². The molecule has 1 unspecified atom stereocenters. The van der Waals surface area contributed by atoms with Gasteiger partial charge >= 0.3 is 0 Å². The van der Waals surface area contributed by atoms with Crippen molar-refractivity contribution < 1.29 is 4.42 Å². The van der Waals surface area contributed by atoms with Crippen molar-refractivity contribution in [3.8, 4) is 0 Å². The van der Waals surface area contributed by atoms with Gasteiger partial charge in [0.1, 0.15) is 5.76 Å². The van der Waals surface area contributed by atoms with Crippen LogP contribution in [0.4, 0.5) is 0 Å². The molecule has 0 radical (unpaired) electrons. The lowest BCUT2D eigenvalue weighted by Gasteiger charge is -2.31. The molecule has 1 atom stereocenters. The Labute approximate surface area is 111 Å². The normalized spacial score (nSPS) is 20.1. The van der Waals surface area contributed by atoms with Crippen LogP contribution in [0.25, 0.3) is 0 Å². The predicted octanol–water partition coefficient (Wildman–Crippen LogP) is 2.53. The van der Waals surface area contributed by atoms with Crippen molar-refractivity contribution in [1.82, 2.24) is 10.2 Å². The van der Waals surface area contributed by atoms with Gasteiger partial charge in [-0.15, -0.1) is 0 Å². The van der Waals surface area contributed by atoms with Crippen molar-refractivity contribution in [2.75, 3.05) is 26.2 Å². The van der Waals surface area contributed by atoms with E-state index < -0.39 is 0 Å². The molecule has 0 bridgehead atoms. The van der Waals surface area contributed by atoms with Crippen LogP contribution in [0, 0.1) is 5.92 Å². The highest BCUT2D eigenvalue weighted by atomic mass is 16.3. The van der Waals surface area contributed by atoms with E-state index in [1.54, 1.807) is 6.26 Å². The molecule has 2 rings (SSSR count). The molecule has 102 valence electrons. The summed E-state index contributed by atoms with van der Waals surface area (Å²) in [4.78, 5) is 2.54. The highest BCUT2D eigenvalue weighted by Crippen LogP contribution is 2.16. The lowest BCUT2D eigenvalue weighted by atomic mass is 9.96. The Morgan fingerprint density at radius 1 is 1.44 bits per heavy atom. The molecule has 1 fully saturated rings. The van der Waals surface area contributed by atoms with Crippen molar-refractivity contribution in [2.24, 2.45) is 5.92 Å². The van der Waals surface area contributed by atoms with E-state index in [0.717, 1.165) is 24.6 Å². The molecule has 1 N–H and O–H groups in total. The van der Waals surface area contributed by atoms with Gasteiger partial charge in [0, 0.05) is 12.5 Å². The molecule has 1 aromatic rings. The molecule has 18 heavy (non-hydrogen) atoms. The fourth-order valence-electron chi connectivity index (χ4n) is 2.68. The van der Waals surface area contributed by atoms with Crippen molar-refractivity contribution in [2.45, 2.75) is 39.2 Å². The SMILES string of the molecule is CCN1CCC(CNC(C)Cc2ccco2)CC1. The predicted molar refractivity (Wildman–Crippen MR) is 74.7 cm³/mol. The van der Waals surface area contributed by atoms with Gasteiger partial charge in [-0.2, -0.15) is 0 Å². The summed E-state index contributed by atoms with van der Waals surface area (Å²) in [5.41, 5.74) is 0. The van der Waals surface area contributed by atoms with E-state index in [1.165, 1.54) is 32.5 Å². The summed E-state index contributed by atoms with van der Waals surface area (Å²) in [6, 6.07) is 4.51. The Morgan fingerprint density at radius 2 is 2.22 bits per heavy atom. The summed E-state index contributed by atoms with van der Waals surface area (Å²) >= 11 is 0. The summed E-state index contributed by atoms with van der Waals surface area (Å²) in [7, 11) is 0. The number of hydrogen-bond acceptors (Lipinski definition) is 3. The average molecular weight is 250 g/mol. The molecule has 1 aliphatic rings. The number of rotatable bonds is 6. The van der Waals surface area contributed by atoms with Crippen LogP contribution in [-0.2, 0) is 6.42 Å².